The average Bonchev–Trinajstić information content (AvgIpc) is 3.05. The predicted octanol–water partition coefficient (Wildman–Crippen LogP) is 0.736. The highest BCUT2D eigenvalue weighted by molar-refractivity contribution is 7.99. The van der Waals surface area contributed by atoms with Crippen molar-refractivity contribution in [1.82, 2.24) is 10.6 Å². The molecular weight excluding hydrogens is 386 g/mol. The van der Waals surface area contributed by atoms with Crippen molar-refractivity contribution < 1.29 is 17.9 Å². The van der Waals surface area contributed by atoms with Gasteiger partial charge in [-0.05, 0) is 43.7 Å². The third-order valence-electron chi connectivity index (χ3n) is 3.59. The number of nitrogens with one attached hydrogen (secondary N) is 2. The quantitative estimate of drug-likeness (QED) is 0.519. The van der Waals surface area contributed by atoms with Crippen LogP contribution in [-0.2, 0) is 14.8 Å². The summed E-state index contributed by atoms with van der Waals surface area (Å²) < 4.78 is 27.8. The van der Waals surface area contributed by atoms with E-state index in [4.69, 9.17) is 9.88 Å². The number of hydrogen-bond acceptors (Lipinski definition) is 6. The number of carbonyl (C=O) groups excluding carboxylic acids is 1. The van der Waals surface area contributed by atoms with E-state index in [1.54, 1.807) is 12.1 Å². The van der Waals surface area contributed by atoms with Gasteiger partial charge in [-0.1, -0.05) is 0 Å². The van der Waals surface area contributed by atoms with Crippen molar-refractivity contribution in [2.24, 2.45) is 5.14 Å². The number of carbonyl (C=O) groups is 1. The molecule has 1 unspecified atom stereocenters. The van der Waals surface area contributed by atoms with Crippen LogP contribution in [0.4, 0.5) is 0 Å². The minimum atomic E-state index is -3.68. The Labute approximate surface area is 158 Å². The fraction of sp³-hybridized carbons (Fsp3) is 0.533. The van der Waals surface area contributed by atoms with Gasteiger partial charge in [0.2, 0.25) is 15.9 Å². The fourth-order valence-electron chi connectivity index (χ4n) is 2.33. The van der Waals surface area contributed by atoms with Crippen LogP contribution in [0.15, 0.2) is 29.2 Å². The summed E-state index contributed by atoms with van der Waals surface area (Å²) in [6.45, 7) is 2.16. The van der Waals surface area contributed by atoms with E-state index in [-0.39, 0.29) is 23.2 Å². The van der Waals surface area contributed by atoms with Gasteiger partial charge in [-0.3, -0.25) is 4.79 Å². The third kappa shape index (κ3) is 8.28. The van der Waals surface area contributed by atoms with E-state index in [0.717, 1.165) is 13.0 Å². The highest BCUT2D eigenvalue weighted by Crippen LogP contribution is 2.15. The predicted molar refractivity (Wildman–Crippen MR) is 102 cm³/mol. The first-order valence-electron chi connectivity index (χ1n) is 7.78. The monoisotopic (exact) mass is 409 g/mol. The lowest BCUT2D eigenvalue weighted by Gasteiger charge is -2.11. The molecule has 1 aromatic rings. The molecule has 7 nitrogen and oxygen atoms in total. The number of benzene rings is 1. The molecule has 0 aliphatic carbocycles. The van der Waals surface area contributed by atoms with Crippen molar-refractivity contribution in [2.45, 2.75) is 23.8 Å². The van der Waals surface area contributed by atoms with E-state index < -0.39 is 10.0 Å². The number of ether oxygens (including phenoxy) is 1. The molecule has 1 atom stereocenters. The zero-order valence-electron chi connectivity index (χ0n) is 13.8. The largest absolute Gasteiger partial charge is 0.493 e. The maximum Gasteiger partial charge on any atom is 0.238 e. The minimum absolute atomic E-state index is 0. The lowest BCUT2D eigenvalue weighted by Crippen LogP contribution is -2.37. The van der Waals surface area contributed by atoms with Crippen LogP contribution < -0.4 is 20.5 Å². The number of sulfonamides is 1. The highest BCUT2D eigenvalue weighted by atomic mass is 35.5. The normalized spacial score (nSPS) is 16.9. The Hall–Kier alpha value is -1.00. The molecule has 0 aromatic heterocycles. The second-order valence-electron chi connectivity index (χ2n) is 5.51. The molecule has 0 bridgehead atoms. The van der Waals surface area contributed by atoms with Crippen LogP contribution in [0.25, 0.3) is 0 Å². The summed E-state index contributed by atoms with van der Waals surface area (Å²) in [6.07, 6.45) is 2.29. The average molecular weight is 410 g/mol. The molecule has 0 spiro atoms. The maximum absolute atomic E-state index is 11.7. The van der Waals surface area contributed by atoms with Gasteiger partial charge in [0, 0.05) is 18.3 Å². The van der Waals surface area contributed by atoms with Gasteiger partial charge in [-0.25, -0.2) is 13.6 Å². The van der Waals surface area contributed by atoms with E-state index in [2.05, 4.69) is 10.6 Å². The van der Waals surface area contributed by atoms with E-state index in [1.165, 1.54) is 30.3 Å². The topological polar surface area (TPSA) is 111 Å². The summed E-state index contributed by atoms with van der Waals surface area (Å²) >= 11 is 1.50. The van der Waals surface area contributed by atoms with E-state index in [1.807, 2.05) is 0 Å². The third-order valence-corrected chi connectivity index (χ3v) is 5.44. The van der Waals surface area contributed by atoms with Gasteiger partial charge in [0.1, 0.15) is 5.75 Å². The minimum Gasteiger partial charge on any atom is -0.493 e. The van der Waals surface area contributed by atoms with E-state index in [9.17, 15) is 13.2 Å². The van der Waals surface area contributed by atoms with Crippen molar-refractivity contribution in [3.63, 3.8) is 0 Å². The van der Waals surface area contributed by atoms with Gasteiger partial charge in [0.15, 0.2) is 0 Å². The van der Waals surface area contributed by atoms with Gasteiger partial charge in [0.25, 0.3) is 0 Å². The molecule has 1 fully saturated rings. The number of halogens is 1. The Balaban J connectivity index is 0.00000312. The Kier molecular flexibility index (Phi) is 9.58. The first-order valence-corrected chi connectivity index (χ1v) is 10.5. The van der Waals surface area contributed by atoms with Gasteiger partial charge in [0.05, 0.1) is 17.3 Å². The number of nitrogens with two attached hydrogens (primary N) is 1. The van der Waals surface area contributed by atoms with Gasteiger partial charge >= 0.3 is 0 Å². The summed E-state index contributed by atoms with van der Waals surface area (Å²) in [6, 6.07) is 6.34. The second-order valence-corrected chi connectivity index (χ2v) is 8.18. The van der Waals surface area contributed by atoms with Crippen molar-refractivity contribution in [3.05, 3.63) is 24.3 Å². The molecular formula is C15H24ClN3O4S2. The van der Waals surface area contributed by atoms with Crippen molar-refractivity contribution in [1.29, 1.82) is 0 Å². The van der Waals surface area contributed by atoms with Crippen LogP contribution in [-0.4, -0.2) is 51.6 Å². The Morgan fingerprint density at radius 1 is 1.36 bits per heavy atom. The van der Waals surface area contributed by atoms with Crippen molar-refractivity contribution in [3.8, 4) is 5.75 Å². The molecule has 0 radical (unpaired) electrons. The SMILES string of the molecule is Cl.NS(=O)(=O)c1ccc(OCCSCC(=O)NCC2CCCN2)cc1. The Morgan fingerprint density at radius 3 is 2.68 bits per heavy atom. The maximum atomic E-state index is 11.7. The van der Waals surface area contributed by atoms with E-state index >= 15 is 0 Å². The number of primary sulfonamides is 1. The van der Waals surface area contributed by atoms with Gasteiger partial charge in [-0.2, -0.15) is 0 Å². The fourth-order valence-corrected chi connectivity index (χ4v) is 3.48. The first kappa shape index (κ1) is 22.0. The number of hydrogen-bond donors (Lipinski definition) is 3. The number of rotatable bonds is 9. The summed E-state index contributed by atoms with van der Waals surface area (Å²) in [5.41, 5.74) is 0. The van der Waals surface area contributed by atoms with Crippen LogP contribution in [0.5, 0.6) is 5.75 Å². The first-order chi connectivity index (χ1) is 11.4. The summed E-state index contributed by atoms with van der Waals surface area (Å²) in [5, 5.41) is 11.3. The lowest BCUT2D eigenvalue weighted by molar-refractivity contribution is -0.118. The molecule has 2 rings (SSSR count). The summed E-state index contributed by atoms with van der Waals surface area (Å²) in [4.78, 5) is 11.7. The van der Waals surface area contributed by atoms with Crippen LogP contribution >= 0.6 is 24.2 Å². The molecule has 1 aliphatic heterocycles. The smallest absolute Gasteiger partial charge is 0.238 e. The molecule has 142 valence electrons. The second kappa shape index (κ2) is 10.9. The number of thioether (sulfide) groups is 1. The van der Waals surface area contributed by atoms with Crippen LogP contribution in [0.3, 0.4) is 0 Å². The molecule has 4 N–H and O–H groups in total. The molecule has 10 heteroatoms. The van der Waals surface area contributed by atoms with E-state index in [0.29, 0.717) is 36.4 Å². The van der Waals surface area contributed by atoms with Gasteiger partial charge < -0.3 is 15.4 Å². The van der Waals surface area contributed by atoms with Crippen LogP contribution in [0.2, 0.25) is 0 Å². The summed E-state index contributed by atoms with van der Waals surface area (Å²) in [5.74, 6) is 1.68. The molecule has 25 heavy (non-hydrogen) atoms. The van der Waals surface area contributed by atoms with Gasteiger partial charge in [-0.15, -0.1) is 24.2 Å². The summed E-state index contributed by atoms with van der Waals surface area (Å²) in [7, 11) is -3.68. The molecule has 1 aromatic carbocycles. The zero-order chi connectivity index (χ0) is 17.4. The van der Waals surface area contributed by atoms with Crippen LogP contribution in [0.1, 0.15) is 12.8 Å². The molecule has 1 amide bonds. The highest BCUT2D eigenvalue weighted by Gasteiger charge is 2.14. The molecule has 1 saturated heterocycles. The van der Waals surface area contributed by atoms with Crippen molar-refractivity contribution in [2.75, 3.05) is 31.2 Å². The standard InChI is InChI=1S/C15H23N3O4S2.ClH/c16-24(20,21)14-5-3-13(4-6-14)22-8-9-23-11-15(19)18-10-12-2-1-7-17-12;/h3-6,12,17H,1-2,7-11H2,(H,18,19)(H2,16,20,21);1H. The van der Waals surface area contributed by atoms with Crippen molar-refractivity contribution >= 4 is 40.1 Å². The molecule has 1 aliphatic rings. The Bertz CT molecular complexity index is 635. The Morgan fingerprint density at radius 2 is 2.08 bits per heavy atom. The lowest BCUT2D eigenvalue weighted by atomic mass is 10.2. The number of amides is 1. The zero-order valence-corrected chi connectivity index (χ0v) is 16.2. The van der Waals surface area contributed by atoms with Crippen LogP contribution in [0, 0.1) is 0 Å². The molecule has 0 saturated carbocycles. The molecule has 1 heterocycles.